The summed E-state index contributed by atoms with van der Waals surface area (Å²) in [7, 11) is 0. The molecule has 5 nitrogen and oxygen atoms in total. The van der Waals surface area contributed by atoms with Gasteiger partial charge in [0.2, 0.25) is 5.91 Å². The molecule has 0 radical (unpaired) electrons. The van der Waals surface area contributed by atoms with Crippen LogP contribution in [0.25, 0.3) is 0 Å². The van der Waals surface area contributed by atoms with Crippen LogP contribution in [0.15, 0.2) is 0 Å². The second-order valence-electron chi connectivity index (χ2n) is 6.63. The van der Waals surface area contributed by atoms with Crippen molar-refractivity contribution in [2.45, 2.75) is 70.4 Å². The lowest BCUT2D eigenvalue weighted by molar-refractivity contribution is -0.157. The van der Waals surface area contributed by atoms with E-state index in [1.54, 1.807) is 0 Å². The number of nitrogens with one attached hydrogen (secondary N) is 1. The quantitative estimate of drug-likeness (QED) is 0.620. The molecule has 0 saturated heterocycles. The lowest BCUT2D eigenvalue weighted by atomic mass is 9.81. The number of carboxylic acids is 1. The van der Waals surface area contributed by atoms with Crippen LogP contribution in [0.5, 0.6) is 0 Å². The van der Waals surface area contributed by atoms with E-state index in [9.17, 15) is 19.8 Å². The maximum atomic E-state index is 12.1. The molecule has 114 valence electrons. The molecule has 0 heterocycles. The number of carbonyl (C=O) groups excluding carboxylic acids is 1. The molecule has 2 aliphatic rings. The van der Waals surface area contributed by atoms with Gasteiger partial charge in [-0.1, -0.05) is 25.7 Å². The fourth-order valence-electron chi connectivity index (χ4n) is 3.03. The molecule has 2 unspecified atom stereocenters. The number of carboxylic acid groups (broad SMARTS) is 1. The summed E-state index contributed by atoms with van der Waals surface area (Å²) in [6, 6.07) is 0.133. The SMILES string of the molecule is CC(CC(O)CC1CCCC1)(C(=O)O)C(=O)NC1CC1. The van der Waals surface area contributed by atoms with Crippen molar-refractivity contribution in [1.82, 2.24) is 5.32 Å². The first kappa shape index (κ1) is 15.3. The van der Waals surface area contributed by atoms with Crippen molar-refractivity contribution in [3.63, 3.8) is 0 Å². The van der Waals surface area contributed by atoms with Crippen molar-refractivity contribution in [1.29, 1.82) is 0 Å². The normalized spacial score (nSPS) is 24.1. The van der Waals surface area contributed by atoms with Crippen LogP contribution in [-0.2, 0) is 9.59 Å². The molecule has 0 bridgehead atoms. The summed E-state index contributed by atoms with van der Waals surface area (Å²) in [5.74, 6) is -1.13. The van der Waals surface area contributed by atoms with Crippen LogP contribution in [-0.4, -0.2) is 34.2 Å². The predicted octanol–water partition coefficient (Wildman–Crippen LogP) is 1.69. The Morgan fingerprint density at radius 1 is 1.25 bits per heavy atom. The third kappa shape index (κ3) is 3.72. The van der Waals surface area contributed by atoms with Gasteiger partial charge in [0.05, 0.1) is 6.10 Å². The van der Waals surface area contributed by atoms with Gasteiger partial charge < -0.3 is 15.5 Å². The number of aliphatic carboxylic acids is 1. The van der Waals surface area contributed by atoms with Gasteiger partial charge in [-0.15, -0.1) is 0 Å². The number of aliphatic hydroxyl groups is 1. The molecule has 20 heavy (non-hydrogen) atoms. The molecule has 3 N–H and O–H groups in total. The van der Waals surface area contributed by atoms with E-state index in [-0.39, 0.29) is 12.5 Å². The Kier molecular flexibility index (Phi) is 4.68. The van der Waals surface area contributed by atoms with Crippen LogP contribution in [0, 0.1) is 11.3 Å². The van der Waals surface area contributed by atoms with Crippen molar-refractivity contribution < 1.29 is 19.8 Å². The standard InChI is InChI=1S/C15H25NO4/c1-15(14(19)20,13(18)16-11-6-7-11)9-12(17)8-10-4-2-3-5-10/h10-12,17H,2-9H2,1H3,(H,16,18)(H,19,20). The minimum atomic E-state index is -1.53. The van der Waals surface area contributed by atoms with Crippen molar-refractivity contribution >= 4 is 11.9 Å². The average molecular weight is 283 g/mol. The van der Waals surface area contributed by atoms with E-state index >= 15 is 0 Å². The number of hydrogen-bond donors (Lipinski definition) is 3. The van der Waals surface area contributed by atoms with E-state index in [2.05, 4.69) is 5.32 Å². The number of aliphatic hydroxyl groups excluding tert-OH is 1. The largest absolute Gasteiger partial charge is 0.480 e. The zero-order valence-corrected chi connectivity index (χ0v) is 12.1. The Morgan fingerprint density at radius 2 is 1.85 bits per heavy atom. The molecule has 2 aliphatic carbocycles. The molecule has 1 amide bonds. The Balaban J connectivity index is 1.92. The van der Waals surface area contributed by atoms with Crippen LogP contribution in [0.3, 0.4) is 0 Å². The van der Waals surface area contributed by atoms with E-state index in [0.29, 0.717) is 12.3 Å². The minimum Gasteiger partial charge on any atom is -0.480 e. The highest BCUT2D eigenvalue weighted by molar-refractivity contribution is 6.01. The van der Waals surface area contributed by atoms with E-state index < -0.39 is 23.4 Å². The summed E-state index contributed by atoms with van der Waals surface area (Å²) in [4.78, 5) is 23.6. The number of amides is 1. The Morgan fingerprint density at radius 3 is 2.35 bits per heavy atom. The van der Waals surface area contributed by atoms with Crippen molar-refractivity contribution in [2.75, 3.05) is 0 Å². The first-order valence-electron chi connectivity index (χ1n) is 7.64. The molecular formula is C15H25NO4. The lowest BCUT2D eigenvalue weighted by Crippen LogP contribution is -2.47. The highest BCUT2D eigenvalue weighted by Crippen LogP contribution is 2.33. The lowest BCUT2D eigenvalue weighted by Gasteiger charge is -2.27. The van der Waals surface area contributed by atoms with Crippen LogP contribution < -0.4 is 5.32 Å². The predicted molar refractivity (Wildman–Crippen MR) is 74.1 cm³/mol. The highest BCUT2D eigenvalue weighted by Gasteiger charge is 2.44. The highest BCUT2D eigenvalue weighted by atomic mass is 16.4. The molecule has 0 spiro atoms. The van der Waals surface area contributed by atoms with Gasteiger partial charge in [-0.3, -0.25) is 9.59 Å². The zero-order chi connectivity index (χ0) is 14.8. The van der Waals surface area contributed by atoms with Crippen LogP contribution in [0.2, 0.25) is 0 Å². The van der Waals surface area contributed by atoms with Gasteiger partial charge in [-0.2, -0.15) is 0 Å². The van der Waals surface area contributed by atoms with E-state index in [0.717, 1.165) is 25.7 Å². The Bertz CT molecular complexity index is 374. The van der Waals surface area contributed by atoms with Gasteiger partial charge in [0.25, 0.3) is 0 Å². The molecular weight excluding hydrogens is 258 g/mol. The smallest absolute Gasteiger partial charge is 0.319 e. The van der Waals surface area contributed by atoms with Crippen molar-refractivity contribution in [3.8, 4) is 0 Å². The summed E-state index contributed by atoms with van der Waals surface area (Å²) in [5.41, 5.74) is -1.53. The van der Waals surface area contributed by atoms with Crippen molar-refractivity contribution in [2.24, 2.45) is 11.3 Å². The molecule has 2 fully saturated rings. The second kappa shape index (κ2) is 6.12. The number of rotatable bonds is 7. The molecule has 2 rings (SSSR count). The molecule has 5 heteroatoms. The van der Waals surface area contributed by atoms with Gasteiger partial charge in [0.1, 0.15) is 5.41 Å². The van der Waals surface area contributed by atoms with Crippen LogP contribution in [0.1, 0.15) is 58.3 Å². The fourth-order valence-corrected chi connectivity index (χ4v) is 3.03. The summed E-state index contributed by atoms with van der Waals surface area (Å²) >= 11 is 0. The van der Waals surface area contributed by atoms with Gasteiger partial charge >= 0.3 is 5.97 Å². The maximum absolute atomic E-state index is 12.1. The first-order valence-corrected chi connectivity index (χ1v) is 7.64. The summed E-state index contributed by atoms with van der Waals surface area (Å²) in [6.45, 7) is 1.42. The first-order chi connectivity index (χ1) is 9.41. The second-order valence-corrected chi connectivity index (χ2v) is 6.63. The van der Waals surface area contributed by atoms with E-state index in [1.807, 2.05) is 0 Å². The molecule has 2 saturated carbocycles. The minimum absolute atomic E-state index is 0.00259. The topological polar surface area (TPSA) is 86.6 Å². The molecule has 0 aromatic heterocycles. The monoisotopic (exact) mass is 283 g/mol. The molecule has 0 aromatic rings. The van der Waals surface area contributed by atoms with Crippen LogP contribution >= 0.6 is 0 Å². The fraction of sp³-hybridized carbons (Fsp3) is 0.867. The molecule has 2 atom stereocenters. The maximum Gasteiger partial charge on any atom is 0.319 e. The van der Waals surface area contributed by atoms with Gasteiger partial charge in [0, 0.05) is 6.04 Å². The Labute approximate surface area is 119 Å². The zero-order valence-electron chi connectivity index (χ0n) is 12.1. The van der Waals surface area contributed by atoms with Crippen LogP contribution in [0.4, 0.5) is 0 Å². The number of hydrogen-bond acceptors (Lipinski definition) is 3. The summed E-state index contributed by atoms with van der Waals surface area (Å²) in [6.07, 6.45) is 6.33. The van der Waals surface area contributed by atoms with Gasteiger partial charge in [-0.25, -0.2) is 0 Å². The summed E-state index contributed by atoms with van der Waals surface area (Å²) in [5, 5.41) is 22.3. The number of carbonyl (C=O) groups is 2. The summed E-state index contributed by atoms with van der Waals surface area (Å²) < 4.78 is 0. The third-order valence-corrected chi connectivity index (χ3v) is 4.61. The van der Waals surface area contributed by atoms with E-state index in [1.165, 1.54) is 19.8 Å². The van der Waals surface area contributed by atoms with E-state index in [4.69, 9.17) is 0 Å². The third-order valence-electron chi connectivity index (χ3n) is 4.61. The van der Waals surface area contributed by atoms with Crippen molar-refractivity contribution in [3.05, 3.63) is 0 Å². The molecule has 0 aromatic carbocycles. The Hall–Kier alpha value is -1.10. The molecule has 0 aliphatic heterocycles. The van der Waals surface area contributed by atoms with Gasteiger partial charge in [-0.05, 0) is 38.5 Å². The average Bonchev–Trinajstić information content (AvgIpc) is 3.03. The van der Waals surface area contributed by atoms with Gasteiger partial charge in [0.15, 0.2) is 0 Å².